The van der Waals surface area contributed by atoms with Crippen LogP contribution in [0.25, 0.3) is 0 Å². The van der Waals surface area contributed by atoms with Crippen LogP contribution in [0.5, 0.6) is 5.75 Å². The second kappa shape index (κ2) is 6.24. The first kappa shape index (κ1) is 15.5. The summed E-state index contributed by atoms with van der Waals surface area (Å²) in [5.41, 5.74) is 0.697. The van der Waals surface area contributed by atoms with Crippen molar-refractivity contribution in [1.29, 1.82) is 0 Å². The fourth-order valence-corrected chi connectivity index (χ4v) is 2.47. The molecule has 1 aromatic carbocycles. The number of hydrogen-bond acceptors (Lipinski definition) is 3. The van der Waals surface area contributed by atoms with E-state index in [1.165, 1.54) is 24.3 Å². The molecular formula is C14H16F3NO3. The highest BCUT2D eigenvalue weighted by atomic mass is 19.4. The zero-order valence-corrected chi connectivity index (χ0v) is 11.2. The molecule has 0 unspecified atom stereocenters. The highest BCUT2D eigenvalue weighted by molar-refractivity contribution is 5.70. The number of carboxylic acids is 1. The van der Waals surface area contributed by atoms with Gasteiger partial charge >= 0.3 is 12.3 Å². The quantitative estimate of drug-likeness (QED) is 0.891. The third-order valence-corrected chi connectivity index (χ3v) is 3.54. The van der Waals surface area contributed by atoms with E-state index in [2.05, 4.69) is 10.1 Å². The summed E-state index contributed by atoms with van der Waals surface area (Å²) in [6.45, 7) is 0. The normalized spacial score (nSPS) is 22.6. The number of carbonyl (C=O) groups is 1. The fraction of sp³-hybridized carbons (Fsp3) is 0.500. The third kappa shape index (κ3) is 4.84. The lowest BCUT2D eigenvalue weighted by Crippen LogP contribution is -2.29. The first-order chi connectivity index (χ1) is 9.83. The molecule has 0 atom stereocenters. The highest BCUT2D eigenvalue weighted by Crippen LogP contribution is 2.28. The van der Waals surface area contributed by atoms with Crippen LogP contribution in [0.1, 0.15) is 25.7 Å². The monoisotopic (exact) mass is 303 g/mol. The van der Waals surface area contributed by atoms with E-state index < -0.39 is 12.3 Å². The molecule has 1 aliphatic carbocycles. The van der Waals surface area contributed by atoms with Crippen LogP contribution in [-0.4, -0.2) is 23.5 Å². The van der Waals surface area contributed by atoms with Gasteiger partial charge in [0.2, 0.25) is 0 Å². The molecule has 2 rings (SSSR count). The summed E-state index contributed by atoms with van der Waals surface area (Å²) in [5.74, 6) is -1.31. The van der Waals surface area contributed by atoms with Gasteiger partial charge in [0.05, 0.1) is 5.92 Å². The molecule has 21 heavy (non-hydrogen) atoms. The van der Waals surface area contributed by atoms with Crippen LogP contribution in [0.15, 0.2) is 24.3 Å². The summed E-state index contributed by atoms with van der Waals surface area (Å²) >= 11 is 0. The predicted molar refractivity (Wildman–Crippen MR) is 70.1 cm³/mol. The number of nitrogens with one attached hydrogen (secondary N) is 1. The molecule has 0 heterocycles. The lowest BCUT2D eigenvalue weighted by atomic mass is 9.86. The molecule has 7 heteroatoms. The van der Waals surface area contributed by atoms with Gasteiger partial charge in [-0.2, -0.15) is 0 Å². The summed E-state index contributed by atoms with van der Waals surface area (Å²) in [6, 6.07) is 5.68. The maximum absolute atomic E-state index is 12.0. The van der Waals surface area contributed by atoms with Crippen molar-refractivity contribution >= 4 is 11.7 Å². The minimum absolute atomic E-state index is 0.148. The van der Waals surface area contributed by atoms with Crippen molar-refractivity contribution in [3.05, 3.63) is 24.3 Å². The predicted octanol–water partition coefficient (Wildman–Crippen LogP) is 3.64. The number of aliphatic carboxylic acids is 1. The van der Waals surface area contributed by atoms with Gasteiger partial charge < -0.3 is 15.2 Å². The lowest BCUT2D eigenvalue weighted by molar-refractivity contribution is -0.274. The van der Waals surface area contributed by atoms with E-state index in [1.54, 1.807) is 0 Å². The van der Waals surface area contributed by atoms with Gasteiger partial charge in [-0.3, -0.25) is 4.79 Å². The van der Waals surface area contributed by atoms with E-state index in [9.17, 15) is 18.0 Å². The van der Waals surface area contributed by atoms with Crippen molar-refractivity contribution in [3.63, 3.8) is 0 Å². The number of anilines is 1. The average Bonchev–Trinajstić information content (AvgIpc) is 2.40. The van der Waals surface area contributed by atoms with Crippen LogP contribution in [0.2, 0.25) is 0 Å². The molecule has 2 N–H and O–H groups in total. The summed E-state index contributed by atoms with van der Waals surface area (Å²) in [4.78, 5) is 10.8. The fourth-order valence-electron chi connectivity index (χ4n) is 2.47. The van der Waals surface area contributed by atoms with Gasteiger partial charge in [-0.05, 0) is 49.9 Å². The molecule has 0 aliphatic heterocycles. The Balaban J connectivity index is 1.85. The average molecular weight is 303 g/mol. The van der Waals surface area contributed by atoms with E-state index >= 15 is 0 Å². The minimum atomic E-state index is -4.69. The van der Waals surface area contributed by atoms with E-state index in [1.807, 2.05) is 0 Å². The maximum atomic E-state index is 12.0. The van der Waals surface area contributed by atoms with Crippen molar-refractivity contribution in [2.24, 2.45) is 5.92 Å². The Bertz CT molecular complexity index is 479. The zero-order chi connectivity index (χ0) is 15.5. The van der Waals surface area contributed by atoms with Gasteiger partial charge in [-0.25, -0.2) is 0 Å². The molecule has 0 radical (unpaired) electrons. The number of hydrogen-bond donors (Lipinski definition) is 2. The molecule has 116 valence electrons. The number of ether oxygens (including phenoxy) is 1. The van der Waals surface area contributed by atoms with Gasteiger partial charge in [0.1, 0.15) is 5.75 Å². The Morgan fingerprint density at radius 1 is 1.14 bits per heavy atom. The first-order valence-corrected chi connectivity index (χ1v) is 6.68. The Morgan fingerprint density at radius 2 is 1.71 bits per heavy atom. The molecule has 1 fully saturated rings. The van der Waals surface area contributed by atoms with E-state index in [0.717, 1.165) is 12.8 Å². The summed E-state index contributed by atoms with van der Waals surface area (Å²) in [5, 5.41) is 12.1. The van der Waals surface area contributed by atoms with Crippen LogP contribution in [0.3, 0.4) is 0 Å². The van der Waals surface area contributed by atoms with Crippen LogP contribution < -0.4 is 10.1 Å². The molecule has 1 saturated carbocycles. The number of benzene rings is 1. The second-order valence-corrected chi connectivity index (χ2v) is 5.10. The van der Waals surface area contributed by atoms with Crippen LogP contribution in [0.4, 0.5) is 18.9 Å². The van der Waals surface area contributed by atoms with Crippen molar-refractivity contribution in [2.75, 3.05) is 5.32 Å². The lowest BCUT2D eigenvalue weighted by Gasteiger charge is -2.27. The molecule has 0 saturated heterocycles. The Hall–Kier alpha value is -1.92. The number of halogens is 3. The standard InChI is InChI=1S/C14H16F3NO3/c15-14(16,17)21-12-7-5-11(6-8-12)18-10-3-1-9(2-4-10)13(19)20/h5-10,18H,1-4H2,(H,19,20). The Labute approximate surface area is 119 Å². The Morgan fingerprint density at radius 3 is 2.19 bits per heavy atom. The number of carboxylic acid groups (broad SMARTS) is 1. The van der Waals surface area contributed by atoms with Gasteiger partial charge in [0, 0.05) is 11.7 Å². The summed E-state index contributed by atoms with van der Waals surface area (Å²) < 4.78 is 39.9. The van der Waals surface area contributed by atoms with Crippen molar-refractivity contribution in [1.82, 2.24) is 0 Å². The van der Waals surface area contributed by atoms with E-state index in [0.29, 0.717) is 18.5 Å². The molecule has 0 aromatic heterocycles. The molecule has 0 bridgehead atoms. The first-order valence-electron chi connectivity index (χ1n) is 6.68. The molecule has 0 amide bonds. The molecule has 1 aliphatic rings. The highest BCUT2D eigenvalue weighted by Gasteiger charge is 2.31. The van der Waals surface area contributed by atoms with Gasteiger partial charge in [-0.15, -0.1) is 13.2 Å². The van der Waals surface area contributed by atoms with Crippen LogP contribution in [-0.2, 0) is 4.79 Å². The minimum Gasteiger partial charge on any atom is -0.481 e. The SMILES string of the molecule is O=C(O)C1CCC(Nc2ccc(OC(F)(F)F)cc2)CC1. The molecule has 4 nitrogen and oxygen atoms in total. The Kier molecular flexibility index (Phi) is 4.59. The van der Waals surface area contributed by atoms with Crippen LogP contribution >= 0.6 is 0 Å². The van der Waals surface area contributed by atoms with E-state index in [-0.39, 0.29) is 17.7 Å². The third-order valence-electron chi connectivity index (χ3n) is 3.54. The molecular weight excluding hydrogens is 287 g/mol. The second-order valence-electron chi connectivity index (χ2n) is 5.10. The smallest absolute Gasteiger partial charge is 0.481 e. The summed E-state index contributed by atoms with van der Waals surface area (Å²) in [6.07, 6.45) is -2.00. The number of rotatable bonds is 4. The van der Waals surface area contributed by atoms with Crippen molar-refractivity contribution in [2.45, 2.75) is 38.1 Å². The maximum Gasteiger partial charge on any atom is 0.573 e. The number of alkyl halides is 3. The topological polar surface area (TPSA) is 58.6 Å². The van der Waals surface area contributed by atoms with Gasteiger partial charge in [0.25, 0.3) is 0 Å². The van der Waals surface area contributed by atoms with Gasteiger partial charge in [0.15, 0.2) is 0 Å². The molecule has 1 aromatic rings. The zero-order valence-electron chi connectivity index (χ0n) is 11.2. The summed E-state index contributed by atoms with van der Waals surface area (Å²) in [7, 11) is 0. The van der Waals surface area contributed by atoms with E-state index in [4.69, 9.17) is 5.11 Å². The van der Waals surface area contributed by atoms with Crippen LogP contribution in [0, 0.1) is 5.92 Å². The van der Waals surface area contributed by atoms with Crippen molar-refractivity contribution < 1.29 is 27.8 Å². The largest absolute Gasteiger partial charge is 0.573 e. The van der Waals surface area contributed by atoms with Gasteiger partial charge in [-0.1, -0.05) is 0 Å². The molecule has 0 spiro atoms. The van der Waals surface area contributed by atoms with Crippen molar-refractivity contribution in [3.8, 4) is 5.75 Å².